The first kappa shape index (κ1) is 24.0. The van der Waals surface area contributed by atoms with Gasteiger partial charge in [-0.15, -0.1) is 10.2 Å². The number of benzene rings is 1. The Balaban J connectivity index is 1.26. The molecule has 1 aliphatic heterocycles. The highest BCUT2D eigenvalue weighted by atomic mass is 35.5. The molecule has 1 aromatic heterocycles. The zero-order valence-corrected chi connectivity index (χ0v) is 19.9. The topological polar surface area (TPSA) is 108 Å². The van der Waals surface area contributed by atoms with Gasteiger partial charge in [0.15, 0.2) is 11.5 Å². The summed E-state index contributed by atoms with van der Waals surface area (Å²) in [5.74, 6) is 1.33. The average molecular weight is 482 g/mol. The summed E-state index contributed by atoms with van der Waals surface area (Å²) in [6.07, 6.45) is 5.92. The molecule has 1 aromatic carbocycles. The number of hydrogen-bond acceptors (Lipinski definition) is 7. The largest absolute Gasteiger partial charge is 0.490 e. The first-order chi connectivity index (χ1) is 16.5. The predicted molar refractivity (Wildman–Crippen MR) is 128 cm³/mol. The molecule has 2 aliphatic rings. The molecule has 4 rings (SSSR count). The van der Waals surface area contributed by atoms with Crippen molar-refractivity contribution >= 4 is 29.6 Å². The van der Waals surface area contributed by atoms with Crippen LogP contribution in [0.1, 0.15) is 60.1 Å². The molecule has 9 heteroatoms. The van der Waals surface area contributed by atoms with E-state index in [0.29, 0.717) is 22.0 Å². The number of carbonyl (C=O) groups is 2. The van der Waals surface area contributed by atoms with Crippen molar-refractivity contribution in [2.75, 3.05) is 18.0 Å². The van der Waals surface area contributed by atoms with Gasteiger partial charge in [-0.05, 0) is 69.7 Å². The van der Waals surface area contributed by atoms with Crippen LogP contribution in [0, 0.1) is 24.2 Å². The predicted octanol–water partition coefficient (Wildman–Crippen LogP) is 3.85. The molecule has 8 nitrogen and oxygen atoms in total. The van der Waals surface area contributed by atoms with Gasteiger partial charge in [0.2, 0.25) is 0 Å². The van der Waals surface area contributed by atoms with Crippen LogP contribution in [0.5, 0.6) is 5.75 Å². The molecule has 2 aromatic rings. The van der Waals surface area contributed by atoms with E-state index in [1.165, 1.54) is 0 Å². The van der Waals surface area contributed by atoms with Crippen LogP contribution >= 0.6 is 11.6 Å². The summed E-state index contributed by atoms with van der Waals surface area (Å²) in [5, 5.41) is 20.9. The van der Waals surface area contributed by atoms with E-state index in [-0.39, 0.29) is 24.0 Å². The highest BCUT2D eigenvalue weighted by Gasteiger charge is 2.26. The fourth-order valence-corrected chi connectivity index (χ4v) is 4.72. The monoisotopic (exact) mass is 481 g/mol. The van der Waals surface area contributed by atoms with Crippen LogP contribution in [0.25, 0.3) is 0 Å². The fourth-order valence-electron chi connectivity index (χ4n) is 4.52. The number of hydrogen-bond donors (Lipinski definition) is 1. The number of piperidine rings is 1. The molecule has 1 saturated heterocycles. The third-order valence-electron chi connectivity index (χ3n) is 6.70. The highest BCUT2D eigenvalue weighted by molar-refractivity contribution is 6.32. The first-order valence-corrected chi connectivity index (χ1v) is 12.1. The molecule has 0 radical (unpaired) electrons. The van der Waals surface area contributed by atoms with Gasteiger partial charge in [0.1, 0.15) is 18.1 Å². The van der Waals surface area contributed by atoms with Crippen molar-refractivity contribution in [2.24, 2.45) is 5.92 Å². The Hall–Kier alpha value is -3.18. The zero-order valence-electron chi connectivity index (χ0n) is 19.2. The third kappa shape index (κ3) is 5.48. The van der Waals surface area contributed by atoms with E-state index in [1.54, 1.807) is 18.2 Å². The van der Waals surface area contributed by atoms with Gasteiger partial charge in [0.05, 0.1) is 16.7 Å². The smallest absolute Gasteiger partial charge is 0.272 e. The van der Waals surface area contributed by atoms with Gasteiger partial charge in [-0.3, -0.25) is 4.79 Å². The Morgan fingerprint density at radius 2 is 1.88 bits per heavy atom. The summed E-state index contributed by atoms with van der Waals surface area (Å²) in [7, 11) is 0. The van der Waals surface area contributed by atoms with Crippen LogP contribution in [0.15, 0.2) is 24.3 Å². The number of nitriles is 1. The van der Waals surface area contributed by atoms with Gasteiger partial charge < -0.3 is 19.7 Å². The van der Waals surface area contributed by atoms with Crippen LogP contribution in [0.4, 0.5) is 5.82 Å². The van der Waals surface area contributed by atoms with Crippen LogP contribution < -0.4 is 15.0 Å². The molecule has 0 bridgehead atoms. The summed E-state index contributed by atoms with van der Waals surface area (Å²) in [6.45, 7) is 3.39. The SMILES string of the molecule is Cc1c(O[C@H]2CC[C@H](NC(=O)c3ccc(N4CCC(C=O)CC4)nn3)CC2)ccc(C#N)c1Cl. The second-order valence-corrected chi connectivity index (χ2v) is 9.34. The maximum absolute atomic E-state index is 12.7. The minimum Gasteiger partial charge on any atom is -0.490 e. The Labute approximate surface area is 204 Å². The van der Waals surface area contributed by atoms with E-state index in [9.17, 15) is 9.59 Å². The molecular formula is C25H28ClN5O3. The molecule has 1 amide bonds. The van der Waals surface area contributed by atoms with Gasteiger partial charge in [-0.25, -0.2) is 0 Å². The molecule has 1 N–H and O–H groups in total. The third-order valence-corrected chi connectivity index (χ3v) is 7.19. The average Bonchev–Trinajstić information content (AvgIpc) is 2.88. The van der Waals surface area contributed by atoms with Crippen molar-refractivity contribution < 1.29 is 14.3 Å². The number of aromatic nitrogens is 2. The van der Waals surface area contributed by atoms with Gasteiger partial charge in [0, 0.05) is 30.6 Å². The maximum Gasteiger partial charge on any atom is 0.272 e. The lowest BCUT2D eigenvalue weighted by molar-refractivity contribution is -0.111. The number of nitrogens with zero attached hydrogens (tertiary/aromatic N) is 4. The minimum absolute atomic E-state index is 0.0401. The normalized spacial score (nSPS) is 20.9. The lowest BCUT2D eigenvalue weighted by atomic mass is 9.92. The first-order valence-electron chi connectivity index (χ1n) is 11.7. The van der Waals surface area contributed by atoms with Crippen molar-refractivity contribution in [1.82, 2.24) is 15.5 Å². The molecule has 0 atom stereocenters. The highest BCUT2D eigenvalue weighted by Crippen LogP contribution is 2.32. The Bertz CT molecular complexity index is 1070. The summed E-state index contributed by atoms with van der Waals surface area (Å²) >= 11 is 6.24. The maximum atomic E-state index is 12.7. The summed E-state index contributed by atoms with van der Waals surface area (Å²) in [6, 6.07) is 9.13. The number of aldehydes is 1. The van der Waals surface area contributed by atoms with E-state index in [4.69, 9.17) is 21.6 Å². The molecule has 1 saturated carbocycles. The van der Waals surface area contributed by atoms with Crippen molar-refractivity contribution in [2.45, 2.75) is 57.6 Å². The molecular weight excluding hydrogens is 454 g/mol. The van der Waals surface area contributed by atoms with Gasteiger partial charge in [-0.2, -0.15) is 5.26 Å². The Morgan fingerprint density at radius 3 is 2.50 bits per heavy atom. The molecule has 178 valence electrons. The van der Waals surface area contributed by atoms with Crippen LogP contribution in [-0.2, 0) is 4.79 Å². The molecule has 0 unspecified atom stereocenters. The van der Waals surface area contributed by atoms with Gasteiger partial charge >= 0.3 is 0 Å². The van der Waals surface area contributed by atoms with Crippen molar-refractivity contribution in [3.8, 4) is 11.8 Å². The molecule has 34 heavy (non-hydrogen) atoms. The summed E-state index contributed by atoms with van der Waals surface area (Å²) in [5.41, 5.74) is 1.51. The number of ether oxygens (including phenoxy) is 1. The zero-order chi connectivity index (χ0) is 24.1. The number of carbonyl (C=O) groups excluding carboxylic acids is 2. The number of nitrogens with one attached hydrogen (secondary N) is 1. The van der Waals surface area contributed by atoms with Crippen LogP contribution in [0.3, 0.4) is 0 Å². The van der Waals surface area contributed by atoms with Crippen molar-refractivity contribution in [3.63, 3.8) is 0 Å². The second kappa shape index (κ2) is 10.8. The lowest BCUT2D eigenvalue weighted by Crippen LogP contribution is -2.40. The quantitative estimate of drug-likeness (QED) is 0.624. The molecule has 2 heterocycles. The van der Waals surface area contributed by atoms with Crippen LogP contribution in [-0.4, -0.2) is 47.6 Å². The van der Waals surface area contributed by atoms with Gasteiger partial charge in [-0.1, -0.05) is 11.6 Å². The van der Waals surface area contributed by atoms with Gasteiger partial charge in [0.25, 0.3) is 5.91 Å². The number of amides is 1. The number of rotatable bonds is 6. The van der Waals surface area contributed by atoms with Crippen molar-refractivity contribution in [3.05, 3.63) is 46.1 Å². The molecule has 2 fully saturated rings. The van der Waals surface area contributed by atoms with Crippen LogP contribution in [0.2, 0.25) is 5.02 Å². The summed E-state index contributed by atoms with van der Waals surface area (Å²) in [4.78, 5) is 25.7. The van der Waals surface area contributed by atoms with E-state index in [1.807, 2.05) is 13.0 Å². The van der Waals surface area contributed by atoms with Crippen molar-refractivity contribution in [1.29, 1.82) is 5.26 Å². The molecule has 0 spiro atoms. The summed E-state index contributed by atoms with van der Waals surface area (Å²) < 4.78 is 6.14. The van der Waals surface area contributed by atoms with E-state index in [0.717, 1.165) is 69.3 Å². The van der Waals surface area contributed by atoms with E-state index >= 15 is 0 Å². The fraction of sp³-hybridized carbons (Fsp3) is 0.480. The minimum atomic E-state index is -0.224. The van der Waals surface area contributed by atoms with E-state index < -0.39 is 0 Å². The standard InChI is InChI=1S/C25H28ClN5O3/c1-16-22(8-2-18(14-27)24(16)26)34-20-5-3-19(4-6-20)28-25(33)21-7-9-23(30-29-21)31-12-10-17(15-32)11-13-31/h2,7-9,15,17,19-20H,3-6,10-13H2,1H3,(H,28,33)/t19-,20-. The Kier molecular flexibility index (Phi) is 7.63. The molecule has 1 aliphatic carbocycles. The number of anilines is 1. The number of halogens is 1. The Morgan fingerprint density at radius 1 is 1.15 bits per heavy atom. The lowest BCUT2D eigenvalue weighted by Gasteiger charge is -2.30. The van der Waals surface area contributed by atoms with E-state index in [2.05, 4.69) is 26.5 Å². The second-order valence-electron chi connectivity index (χ2n) is 8.96.